The van der Waals surface area contributed by atoms with E-state index < -0.39 is 15.9 Å². The third kappa shape index (κ3) is 6.98. The van der Waals surface area contributed by atoms with Crippen LogP contribution in [0.4, 0.5) is 11.4 Å². The standard InChI is InChI=1S/C24H24BrN3O4S/c1-17-3-5-19(6-4-17)15-28(33(31,32)23-13-7-20(25)8-14-23)16-24(30)27-22-11-9-21(10-12-22)26-18(2)29/h3-14H,15-16H2,1-2H3,(H,26,29)(H,27,30). The Bertz CT molecular complexity index is 1230. The van der Waals surface area contributed by atoms with E-state index in [1.54, 1.807) is 36.4 Å². The molecule has 33 heavy (non-hydrogen) atoms. The lowest BCUT2D eigenvalue weighted by Gasteiger charge is -2.22. The molecule has 3 aromatic carbocycles. The number of amides is 2. The van der Waals surface area contributed by atoms with E-state index in [4.69, 9.17) is 0 Å². The number of carbonyl (C=O) groups excluding carboxylic acids is 2. The largest absolute Gasteiger partial charge is 0.326 e. The molecule has 0 unspecified atom stereocenters. The van der Waals surface area contributed by atoms with E-state index in [2.05, 4.69) is 26.6 Å². The van der Waals surface area contributed by atoms with Crippen molar-refractivity contribution >= 4 is 49.1 Å². The van der Waals surface area contributed by atoms with Gasteiger partial charge in [0.1, 0.15) is 0 Å². The maximum Gasteiger partial charge on any atom is 0.243 e. The Hall–Kier alpha value is -3.01. The Morgan fingerprint density at radius 3 is 1.94 bits per heavy atom. The van der Waals surface area contributed by atoms with Crippen molar-refractivity contribution in [3.05, 3.63) is 88.4 Å². The van der Waals surface area contributed by atoms with Crippen LogP contribution in [0.5, 0.6) is 0 Å². The fraction of sp³-hybridized carbons (Fsp3) is 0.167. The van der Waals surface area contributed by atoms with Crippen LogP contribution in [-0.4, -0.2) is 31.1 Å². The molecule has 2 amide bonds. The maximum absolute atomic E-state index is 13.3. The van der Waals surface area contributed by atoms with Crippen LogP contribution in [0, 0.1) is 6.92 Å². The Kier molecular flexibility index (Phi) is 8.01. The lowest BCUT2D eigenvalue weighted by Crippen LogP contribution is -2.37. The number of nitrogens with one attached hydrogen (secondary N) is 2. The molecule has 0 bridgehead atoms. The highest BCUT2D eigenvalue weighted by Crippen LogP contribution is 2.21. The first-order valence-electron chi connectivity index (χ1n) is 10.1. The molecule has 0 saturated carbocycles. The van der Waals surface area contributed by atoms with Crippen molar-refractivity contribution < 1.29 is 18.0 Å². The molecule has 0 aliphatic heterocycles. The van der Waals surface area contributed by atoms with Gasteiger partial charge in [0.2, 0.25) is 21.8 Å². The number of rotatable bonds is 8. The summed E-state index contributed by atoms with van der Waals surface area (Å²) in [5.41, 5.74) is 2.92. The fourth-order valence-corrected chi connectivity index (χ4v) is 4.73. The van der Waals surface area contributed by atoms with Crippen LogP contribution in [0.25, 0.3) is 0 Å². The molecule has 7 nitrogen and oxygen atoms in total. The van der Waals surface area contributed by atoms with Crippen LogP contribution >= 0.6 is 15.9 Å². The monoisotopic (exact) mass is 529 g/mol. The van der Waals surface area contributed by atoms with Gasteiger partial charge in [-0.25, -0.2) is 8.42 Å². The van der Waals surface area contributed by atoms with E-state index in [9.17, 15) is 18.0 Å². The van der Waals surface area contributed by atoms with Crippen LogP contribution in [-0.2, 0) is 26.2 Å². The fourth-order valence-electron chi connectivity index (χ4n) is 3.08. The zero-order valence-electron chi connectivity index (χ0n) is 18.2. The molecule has 0 aliphatic carbocycles. The number of hydrogen-bond donors (Lipinski definition) is 2. The number of hydrogen-bond acceptors (Lipinski definition) is 4. The predicted molar refractivity (Wildman–Crippen MR) is 132 cm³/mol. The average Bonchev–Trinajstić information content (AvgIpc) is 2.76. The van der Waals surface area contributed by atoms with Gasteiger partial charge < -0.3 is 10.6 Å². The summed E-state index contributed by atoms with van der Waals surface area (Å²) in [7, 11) is -3.93. The van der Waals surface area contributed by atoms with E-state index in [1.165, 1.54) is 19.1 Å². The van der Waals surface area contributed by atoms with E-state index in [0.29, 0.717) is 11.4 Å². The molecule has 3 aromatic rings. The van der Waals surface area contributed by atoms with Gasteiger partial charge >= 0.3 is 0 Å². The van der Waals surface area contributed by atoms with E-state index in [1.807, 2.05) is 31.2 Å². The number of carbonyl (C=O) groups is 2. The number of benzene rings is 3. The van der Waals surface area contributed by atoms with Gasteiger partial charge in [-0.3, -0.25) is 9.59 Å². The molecule has 3 rings (SSSR count). The van der Waals surface area contributed by atoms with Gasteiger partial charge in [0.05, 0.1) is 11.4 Å². The highest BCUT2D eigenvalue weighted by molar-refractivity contribution is 9.10. The van der Waals surface area contributed by atoms with Gasteiger partial charge in [0, 0.05) is 29.3 Å². The molecule has 2 N–H and O–H groups in total. The van der Waals surface area contributed by atoms with Crippen molar-refractivity contribution in [3.63, 3.8) is 0 Å². The number of halogens is 1. The second-order valence-corrected chi connectivity index (χ2v) is 10.4. The number of aryl methyl sites for hydroxylation is 1. The molecule has 0 spiro atoms. The summed E-state index contributed by atoms with van der Waals surface area (Å²) in [5.74, 6) is -0.674. The third-order valence-corrected chi connectivity index (χ3v) is 7.07. The minimum Gasteiger partial charge on any atom is -0.326 e. The summed E-state index contributed by atoms with van der Waals surface area (Å²) in [6, 6.07) is 20.4. The second-order valence-electron chi connectivity index (χ2n) is 7.52. The molecule has 0 saturated heterocycles. The molecule has 0 radical (unpaired) electrons. The minimum absolute atomic E-state index is 0.0492. The average molecular weight is 530 g/mol. The lowest BCUT2D eigenvalue weighted by molar-refractivity contribution is -0.116. The van der Waals surface area contributed by atoms with Crippen molar-refractivity contribution in [3.8, 4) is 0 Å². The molecular weight excluding hydrogens is 506 g/mol. The van der Waals surface area contributed by atoms with Crippen LogP contribution in [0.3, 0.4) is 0 Å². The lowest BCUT2D eigenvalue weighted by atomic mass is 10.1. The Morgan fingerprint density at radius 2 is 1.39 bits per heavy atom. The first-order chi connectivity index (χ1) is 15.6. The summed E-state index contributed by atoms with van der Waals surface area (Å²) in [4.78, 5) is 24.0. The molecule has 172 valence electrons. The first kappa shape index (κ1) is 24.6. The van der Waals surface area contributed by atoms with E-state index >= 15 is 0 Å². The van der Waals surface area contributed by atoms with Crippen molar-refractivity contribution in [2.45, 2.75) is 25.3 Å². The molecule has 0 aromatic heterocycles. The Morgan fingerprint density at radius 1 is 0.848 bits per heavy atom. The second kappa shape index (κ2) is 10.7. The van der Waals surface area contributed by atoms with Gasteiger partial charge in [-0.05, 0) is 61.0 Å². The topological polar surface area (TPSA) is 95.6 Å². The van der Waals surface area contributed by atoms with Gasteiger partial charge in [-0.1, -0.05) is 45.8 Å². The molecule has 0 heterocycles. The normalized spacial score (nSPS) is 11.3. The zero-order valence-corrected chi connectivity index (χ0v) is 20.6. The molecule has 0 aliphatic rings. The number of nitrogens with zero attached hydrogens (tertiary/aromatic N) is 1. The Labute approximate surface area is 202 Å². The molecule has 9 heteroatoms. The number of sulfonamides is 1. The summed E-state index contributed by atoms with van der Waals surface area (Å²) < 4.78 is 28.6. The SMILES string of the molecule is CC(=O)Nc1ccc(NC(=O)CN(Cc2ccc(C)cc2)S(=O)(=O)c2ccc(Br)cc2)cc1. The highest BCUT2D eigenvalue weighted by Gasteiger charge is 2.27. The van der Waals surface area contributed by atoms with E-state index in [-0.39, 0.29) is 23.9 Å². The van der Waals surface area contributed by atoms with Gasteiger partial charge in [-0.15, -0.1) is 0 Å². The smallest absolute Gasteiger partial charge is 0.243 e. The number of anilines is 2. The van der Waals surface area contributed by atoms with Crippen LogP contribution in [0.1, 0.15) is 18.1 Å². The van der Waals surface area contributed by atoms with Crippen molar-refractivity contribution in [1.29, 1.82) is 0 Å². The maximum atomic E-state index is 13.3. The summed E-state index contributed by atoms with van der Waals surface area (Å²) in [6.07, 6.45) is 0. The van der Waals surface area contributed by atoms with Crippen molar-refractivity contribution in [1.82, 2.24) is 4.31 Å². The molecular formula is C24H24BrN3O4S. The Balaban J connectivity index is 1.81. The van der Waals surface area contributed by atoms with Gasteiger partial charge in [-0.2, -0.15) is 4.31 Å². The minimum atomic E-state index is -3.93. The predicted octanol–water partition coefficient (Wildman–Crippen LogP) is 4.55. The zero-order chi connectivity index (χ0) is 24.0. The van der Waals surface area contributed by atoms with Gasteiger partial charge in [0.15, 0.2) is 0 Å². The summed E-state index contributed by atoms with van der Waals surface area (Å²) in [6.45, 7) is 3.04. The van der Waals surface area contributed by atoms with E-state index in [0.717, 1.165) is 19.9 Å². The summed E-state index contributed by atoms with van der Waals surface area (Å²) >= 11 is 3.31. The van der Waals surface area contributed by atoms with Crippen molar-refractivity contribution in [2.24, 2.45) is 0 Å². The highest BCUT2D eigenvalue weighted by atomic mass is 79.9. The van der Waals surface area contributed by atoms with Crippen LogP contribution in [0.15, 0.2) is 82.2 Å². The van der Waals surface area contributed by atoms with Gasteiger partial charge in [0.25, 0.3) is 0 Å². The van der Waals surface area contributed by atoms with Crippen LogP contribution < -0.4 is 10.6 Å². The first-order valence-corrected chi connectivity index (χ1v) is 12.4. The molecule has 0 atom stereocenters. The third-order valence-electron chi connectivity index (χ3n) is 4.74. The van der Waals surface area contributed by atoms with Crippen LogP contribution in [0.2, 0.25) is 0 Å². The molecule has 0 fully saturated rings. The van der Waals surface area contributed by atoms with Crippen molar-refractivity contribution in [2.75, 3.05) is 17.2 Å². The quantitative estimate of drug-likeness (QED) is 0.447. The summed E-state index contributed by atoms with van der Waals surface area (Å²) in [5, 5.41) is 5.36.